The number of piperidine rings is 1. The molecule has 0 aliphatic carbocycles. The van der Waals surface area contributed by atoms with Crippen LogP contribution in [0, 0.1) is 16.0 Å². The second kappa shape index (κ2) is 5.18. The second-order valence-electron chi connectivity index (χ2n) is 4.44. The molecule has 3 N–H and O–H groups in total. The molecule has 0 bridgehead atoms. The Labute approximate surface area is 104 Å². The van der Waals surface area contributed by atoms with E-state index in [1.807, 2.05) is 4.90 Å². The Balaban J connectivity index is 2.11. The molecule has 0 spiro atoms. The number of nitrogens with zero attached hydrogens (tertiary/aromatic N) is 3. The topological polar surface area (TPSA) is 106 Å². The Morgan fingerprint density at radius 2 is 2.17 bits per heavy atom. The molecule has 0 unspecified atom stereocenters. The van der Waals surface area contributed by atoms with E-state index < -0.39 is 4.92 Å². The molecular weight excluding hydrogens is 236 g/mol. The molecule has 0 saturated carbocycles. The molecule has 0 radical (unpaired) electrons. The molecule has 1 aliphatic rings. The lowest BCUT2D eigenvalue weighted by Gasteiger charge is -2.31. The Kier molecular flexibility index (Phi) is 3.61. The molecule has 7 nitrogen and oxygen atoms in total. The lowest BCUT2D eigenvalue weighted by atomic mass is 9.98. The van der Waals surface area contributed by atoms with Gasteiger partial charge >= 0.3 is 5.69 Å². The van der Waals surface area contributed by atoms with Crippen LogP contribution < -0.4 is 10.6 Å². The quantitative estimate of drug-likeness (QED) is 0.608. The van der Waals surface area contributed by atoms with Crippen molar-refractivity contribution in [2.45, 2.75) is 12.8 Å². The SMILES string of the molecule is Nc1nc(N2CCC(CO)CC2)ccc1[N+](=O)[O-]. The minimum absolute atomic E-state index is 0.0539. The predicted octanol–water partition coefficient (Wildman–Crippen LogP) is 0.781. The number of hydrogen-bond donors (Lipinski definition) is 2. The van der Waals surface area contributed by atoms with Crippen LogP contribution in [0.4, 0.5) is 17.3 Å². The summed E-state index contributed by atoms with van der Waals surface area (Å²) < 4.78 is 0. The van der Waals surface area contributed by atoms with Crippen molar-refractivity contribution < 1.29 is 10.0 Å². The van der Waals surface area contributed by atoms with E-state index in [0.29, 0.717) is 11.7 Å². The minimum atomic E-state index is -0.538. The van der Waals surface area contributed by atoms with Crippen molar-refractivity contribution in [3.05, 3.63) is 22.2 Å². The lowest BCUT2D eigenvalue weighted by molar-refractivity contribution is -0.384. The number of nitrogen functional groups attached to an aromatic ring is 1. The van der Waals surface area contributed by atoms with E-state index in [2.05, 4.69) is 4.98 Å². The van der Waals surface area contributed by atoms with Crippen LogP contribution in [0.25, 0.3) is 0 Å². The molecule has 1 aliphatic heterocycles. The van der Waals surface area contributed by atoms with Gasteiger partial charge < -0.3 is 15.7 Å². The normalized spacial score (nSPS) is 16.8. The molecular formula is C11H16N4O3. The van der Waals surface area contributed by atoms with Gasteiger partial charge in [-0.1, -0.05) is 0 Å². The van der Waals surface area contributed by atoms with Gasteiger partial charge in [-0.15, -0.1) is 0 Å². The third kappa shape index (κ3) is 2.51. The molecule has 2 heterocycles. The zero-order valence-corrected chi connectivity index (χ0v) is 9.95. The third-order valence-electron chi connectivity index (χ3n) is 3.28. The maximum Gasteiger partial charge on any atom is 0.311 e. The molecule has 0 amide bonds. The molecule has 1 aromatic rings. The van der Waals surface area contributed by atoms with Gasteiger partial charge in [-0.25, -0.2) is 4.98 Å². The first-order valence-corrected chi connectivity index (χ1v) is 5.88. The van der Waals surface area contributed by atoms with E-state index in [0.717, 1.165) is 25.9 Å². The largest absolute Gasteiger partial charge is 0.396 e. The highest BCUT2D eigenvalue weighted by Crippen LogP contribution is 2.26. The highest BCUT2D eigenvalue weighted by molar-refractivity contribution is 5.58. The summed E-state index contributed by atoms with van der Waals surface area (Å²) in [6, 6.07) is 3.00. The molecule has 0 atom stereocenters. The van der Waals surface area contributed by atoms with Crippen LogP contribution in [0.5, 0.6) is 0 Å². The minimum Gasteiger partial charge on any atom is -0.396 e. The number of hydrogen-bond acceptors (Lipinski definition) is 6. The van der Waals surface area contributed by atoms with Crippen LogP contribution in [0.1, 0.15) is 12.8 Å². The summed E-state index contributed by atoms with van der Waals surface area (Å²) in [7, 11) is 0. The number of nitro groups is 1. The average molecular weight is 252 g/mol. The molecule has 7 heteroatoms. The number of rotatable bonds is 3. The molecule has 1 aromatic heterocycles. The van der Waals surface area contributed by atoms with Crippen molar-refractivity contribution in [3.63, 3.8) is 0 Å². The molecule has 1 saturated heterocycles. The summed E-state index contributed by atoms with van der Waals surface area (Å²) in [6.45, 7) is 1.79. The van der Waals surface area contributed by atoms with Gasteiger partial charge in [0, 0.05) is 25.8 Å². The van der Waals surface area contributed by atoms with Crippen LogP contribution in [0.2, 0.25) is 0 Å². The first-order chi connectivity index (χ1) is 8.61. The Morgan fingerprint density at radius 1 is 1.50 bits per heavy atom. The monoisotopic (exact) mass is 252 g/mol. The van der Waals surface area contributed by atoms with Crippen LogP contribution in [0.15, 0.2) is 12.1 Å². The number of anilines is 2. The first kappa shape index (κ1) is 12.6. The van der Waals surface area contributed by atoms with Gasteiger partial charge in [-0.05, 0) is 24.8 Å². The van der Waals surface area contributed by atoms with Gasteiger partial charge in [-0.2, -0.15) is 0 Å². The summed E-state index contributed by atoms with van der Waals surface area (Å²) >= 11 is 0. The van der Waals surface area contributed by atoms with Crippen molar-refractivity contribution in [1.29, 1.82) is 0 Å². The maximum absolute atomic E-state index is 10.6. The summed E-state index contributed by atoms with van der Waals surface area (Å²) in [5, 5.41) is 19.7. The number of aromatic nitrogens is 1. The fourth-order valence-corrected chi connectivity index (χ4v) is 2.13. The van der Waals surface area contributed by atoms with Gasteiger partial charge in [0.1, 0.15) is 5.82 Å². The Bertz CT molecular complexity index is 444. The summed E-state index contributed by atoms with van der Waals surface area (Å²) in [6.07, 6.45) is 1.80. The highest BCUT2D eigenvalue weighted by Gasteiger charge is 2.21. The van der Waals surface area contributed by atoms with Crippen molar-refractivity contribution >= 4 is 17.3 Å². The molecule has 2 rings (SSSR count). The van der Waals surface area contributed by atoms with E-state index in [1.54, 1.807) is 6.07 Å². The van der Waals surface area contributed by atoms with Gasteiger partial charge in [-0.3, -0.25) is 10.1 Å². The Hall–Kier alpha value is -1.89. The van der Waals surface area contributed by atoms with Gasteiger partial charge in [0.2, 0.25) is 5.82 Å². The van der Waals surface area contributed by atoms with Crippen LogP contribution in [-0.2, 0) is 0 Å². The number of aliphatic hydroxyl groups excluding tert-OH is 1. The number of pyridine rings is 1. The summed E-state index contributed by atoms with van der Waals surface area (Å²) in [5.41, 5.74) is 5.40. The molecule has 18 heavy (non-hydrogen) atoms. The summed E-state index contributed by atoms with van der Waals surface area (Å²) in [5.74, 6) is 0.952. The van der Waals surface area contributed by atoms with E-state index >= 15 is 0 Å². The second-order valence-corrected chi connectivity index (χ2v) is 4.44. The average Bonchev–Trinajstić information content (AvgIpc) is 2.38. The highest BCUT2D eigenvalue weighted by atomic mass is 16.6. The van der Waals surface area contributed by atoms with E-state index in [-0.39, 0.29) is 18.1 Å². The number of aliphatic hydroxyl groups is 1. The van der Waals surface area contributed by atoms with E-state index in [4.69, 9.17) is 10.8 Å². The van der Waals surface area contributed by atoms with Crippen molar-refractivity contribution in [1.82, 2.24) is 4.98 Å². The smallest absolute Gasteiger partial charge is 0.311 e. The van der Waals surface area contributed by atoms with Gasteiger partial charge in [0.05, 0.1) is 4.92 Å². The van der Waals surface area contributed by atoms with Gasteiger partial charge in [0.15, 0.2) is 0 Å². The lowest BCUT2D eigenvalue weighted by Crippen LogP contribution is -2.35. The van der Waals surface area contributed by atoms with Crippen molar-refractivity contribution in [2.24, 2.45) is 5.92 Å². The predicted molar refractivity (Wildman–Crippen MR) is 67.3 cm³/mol. The summed E-state index contributed by atoms with van der Waals surface area (Å²) in [4.78, 5) is 16.2. The van der Waals surface area contributed by atoms with E-state index in [9.17, 15) is 10.1 Å². The van der Waals surface area contributed by atoms with Crippen LogP contribution in [-0.4, -0.2) is 34.7 Å². The van der Waals surface area contributed by atoms with Crippen LogP contribution in [0.3, 0.4) is 0 Å². The van der Waals surface area contributed by atoms with Gasteiger partial charge in [0.25, 0.3) is 0 Å². The first-order valence-electron chi connectivity index (χ1n) is 5.88. The molecule has 0 aromatic carbocycles. The fourth-order valence-electron chi connectivity index (χ4n) is 2.13. The maximum atomic E-state index is 10.6. The van der Waals surface area contributed by atoms with Crippen LogP contribution >= 0.6 is 0 Å². The fraction of sp³-hybridized carbons (Fsp3) is 0.545. The molecule has 98 valence electrons. The van der Waals surface area contributed by atoms with E-state index in [1.165, 1.54) is 6.07 Å². The Morgan fingerprint density at radius 3 is 2.67 bits per heavy atom. The zero-order valence-electron chi connectivity index (χ0n) is 9.95. The molecule has 1 fully saturated rings. The van der Waals surface area contributed by atoms with Crippen molar-refractivity contribution in [2.75, 3.05) is 30.3 Å². The number of nitrogens with two attached hydrogens (primary N) is 1. The third-order valence-corrected chi connectivity index (χ3v) is 3.28. The van der Waals surface area contributed by atoms with Crippen molar-refractivity contribution in [3.8, 4) is 0 Å². The zero-order chi connectivity index (χ0) is 13.1. The standard InChI is InChI=1S/C11H16N4O3/c12-11-9(15(17)18)1-2-10(13-11)14-5-3-8(7-16)4-6-14/h1-2,8,16H,3-7H2,(H2,12,13).